The third kappa shape index (κ3) is 2.55. The first-order valence-electron chi connectivity index (χ1n) is 5.34. The molecule has 2 nitrogen and oxygen atoms in total. The molecule has 0 bridgehead atoms. The largest absolute Gasteiger partial charge is 0.292 e. The van der Waals surface area contributed by atoms with E-state index in [-0.39, 0.29) is 0 Å². The van der Waals surface area contributed by atoms with Crippen molar-refractivity contribution in [2.45, 2.75) is 27.2 Å². The van der Waals surface area contributed by atoms with Gasteiger partial charge >= 0.3 is 0 Å². The van der Waals surface area contributed by atoms with Crippen LogP contribution in [0.2, 0.25) is 0 Å². The van der Waals surface area contributed by atoms with Gasteiger partial charge in [-0.2, -0.15) is 0 Å². The smallest absolute Gasteiger partial charge is 0.0701 e. The van der Waals surface area contributed by atoms with Crippen molar-refractivity contribution in [2.75, 3.05) is 13.1 Å². The molecule has 1 heterocycles. The maximum Gasteiger partial charge on any atom is 0.0701 e. The Hall–Kier alpha value is -0.890. The zero-order valence-corrected chi connectivity index (χ0v) is 9.33. The molecule has 77 valence electrons. The number of hydrogen-bond donors (Lipinski definition) is 0. The van der Waals surface area contributed by atoms with E-state index in [4.69, 9.17) is 0 Å². The van der Waals surface area contributed by atoms with Crippen molar-refractivity contribution in [1.29, 1.82) is 0 Å². The summed E-state index contributed by atoms with van der Waals surface area (Å²) in [5.74, 6) is 0. The van der Waals surface area contributed by atoms with Gasteiger partial charge < -0.3 is 0 Å². The minimum absolute atomic E-state index is 1.06. The van der Waals surface area contributed by atoms with Gasteiger partial charge in [0, 0.05) is 12.4 Å². The van der Waals surface area contributed by atoms with Crippen LogP contribution in [0.4, 0.5) is 0 Å². The third-order valence-electron chi connectivity index (χ3n) is 2.47. The van der Waals surface area contributed by atoms with Crippen molar-refractivity contribution >= 4 is 0 Å². The van der Waals surface area contributed by atoms with E-state index >= 15 is 0 Å². The average Bonchev–Trinajstić information content (AvgIpc) is 2.27. The Bertz CT molecular complexity index is 242. The summed E-state index contributed by atoms with van der Waals surface area (Å²) in [6.45, 7) is 8.70. The summed E-state index contributed by atoms with van der Waals surface area (Å²) in [6.07, 6.45) is 4.82. The molecule has 2 heteroatoms. The van der Waals surface area contributed by atoms with E-state index in [0.29, 0.717) is 0 Å². The molecule has 0 N–H and O–H groups in total. The van der Waals surface area contributed by atoms with Crippen LogP contribution in [0.5, 0.6) is 0 Å². The summed E-state index contributed by atoms with van der Waals surface area (Å²) in [4.78, 5) is 6.54. The quantitative estimate of drug-likeness (QED) is 0.711. The SMILES string of the molecule is CC[C](c1cccnc1)N(CC)CC. The van der Waals surface area contributed by atoms with E-state index in [0.717, 1.165) is 19.5 Å². The van der Waals surface area contributed by atoms with Gasteiger partial charge in [-0.05, 0) is 31.1 Å². The van der Waals surface area contributed by atoms with Crippen LogP contribution in [-0.2, 0) is 0 Å². The fourth-order valence-corrected chi connectivity index (χ4v) is 1.75. The normalized spacial score (nSPS) is 11.2. The fourth-order valence-electron chi connectivity index (χ4n) is 1.75. The topological polar surface area (TPSA) is 16.1 Å². The van der Waals surface area contributed by atoms with E-state index in [2.05, 4.69) is 36.7 Å². The summed E-state index contributed by atoms with van der Waals surface area (Å²) in [5, 5.41) is 0. The molecule has 0 amide bonds. The predicted molar refractivity (Wildman–Crippen MR) is 59.8 cm³/mol. The van der Waals surface area contributed by atoms with E-state index in [1.807, 2.05) is 18.5 Å². The van der Waals surface area contributed by atoms with Gasteiger partial charge in [-0.1, -0.05) is 26.8 Å². The molecule has 0 aliphatic rings. The summed E-state index contributed by atoms with van der Waals surface area (Å²) in [6, 6.07) is 5.52. The fraction of sp³-hybridized carbons (Fsp3) is 0.500. The van der Waals surface area contributed by atoms with Crippen LogP contribution in [0.15, 0.2) is 24.5 Å². The van der Waals surface area contributed by atoms with Crippen LogP contribution in [0.1, 0.15) is 32.8 Å². The predicted octanol–water partition coefficient (Wildman–Crippen LogP) is 2.71. The van der Waals surface area contributed by atoms with Gasteiger partial charge in [0.15, 0.2) is 0 Å². The summed E-state index contributed by atoms with van der Waals surface area (Å²) in [7, 11) is 0. The minimum Gasteiger partial charge on any atom is -0.292 e. The minimum atomic E-state index is 1.06. The molecule has 0 aliphatic carbocycles. The number of hydrogen-bond acceptors (Lipinski definition) is 2. The standard InChI is InChI=1S/C12H19N2/c1-4-12(14(5-2)6-3)11-8-7-9-13-10-11/h7-10H,4-6H2,1-3H3. The lowest BCUT2D eigenvalue weighted by Gasteiger charge is -2.27. The highest BCUT2D eigenvalue weighted by Gasteiger charge is 2.16. The Morgan fingerprint density at radius 2 is 2.00 bits per heavy atom. The lowest BCUT2D eigenvalue weighted by atomic mass is 10.1. The maximum atomic E-state index is 4.16. The maximum absolute atomic E-state index is 4.16. The van der Waals surface area contributed by atoms with Crippen molar-refractivity contribution in [3.05, 3.63) is 36.1 Å². The molecule has 1 aromatic rings. The number of rotatable bonds is 5. The second-order valence-corrected chi connectivity index (χ2v) is 3.21. The van der Waals surface area contributed by atoms with Gasteiger partial charge in [0.1, 0.15) is 0 Å². The van der Waals surface area contributed by atoms with Gasteiger partial charge in [0.2, 0.25) is 0 Å². The highest BCUT2D eigenvalue weighted by molar-refractivity contribution is 5.26. The molecular weight excluding hydrogens is 172 g/mol. The molecule has 0 aliphatic heterocycles. The second kappa shape index (κ2) is 5.76. The molecule has 0 saturated carbocycles. The lowest BCUT2D eigenvalue weighted by molar-refractivity contribution is 0.321. The van der Waals surface area contributed by atoms with Crippen LogP contribution in [0.25, 0.3) is 0 Å². The van der Waals surface area contributed by atoms with E-state index in [1.165, 1.54) is 11.6 Å². The monoisotopic (exact) mass is 191 g/mol. The van der Waals surface area contributed by atoms with E-state index < -0.39 is 0 Å². The van der Waals surface area contributed by atoms with Gasteiger partial charge in [-0.15, -0.1) is 0 Å². The van der Waals surface area contributed by atoms with Gasteiger partial charge in [-0.3, -0.25) is 9.88 Å². The van der Waals surface area contributed by atoms with Gasteiger partial charge in [-0.25, -0.2) is 0 Å². The van der Waals surface area contributed by atoms with Crippen molar-refractivity contribution < 1.29 is 0 Å². The summed E-state index contributed by atoms with van der Waals surface area (Å²) in [5.41, 5.74) is 1.25. The summed E-state index contributed by atoms with van der Waals surface area (Å²) < 4.78 is 0. The Balaban J connectivity index is 2.81. The molecule has 0 aromatic carbocycles. The van der Waals surface area contributed by atoms with Crippen LogP contribution in [-0.4, -0.2) is 23.0 Å². The van der Waals surface area contributed by atoms with Crippen LogP contribution in [0, 0.1) is 6.04 Å². The molecule has 0 unspecified atom stereocenters. The Morgan fingerprint density at radius 3 is 2.43 bits per heavy atom. The van der Waals surface area contributed by atoms with Crippen molar-refractivity contribution in [3.63, 3.8) is 0 Å². The Kier molecular flexibility index (Phi) is 4.60. The molecule has 1 radical (unpaired) electrons. The van der Waals surface area contributed by atoms with Crippen molar-refractivity contribution in [1.82, 2.24) is 9.88 Å². The first-order chi connectivity index (χ1) is 6.83. The molecule has 0 fully saturated rings. The molecular formula is C12H19N2. The molecule has 1 aromatic heterocycles. The highest BCUT2D eigenvalue weighted by Crippen LogP contribution is 2.21. The van der Waals surface area contributed by atoms with Gasteiger partial charge in [0.25, 0.3) is 0 Å². The second-order valence-electron chi connectivity index (χ2n) is 3.21. The number of aromatic nitrogens is 1. The molecule has 0 saturated heterocycles. The Morgan fingerprint density at radius 1 is 1.29 bits per heavy atom. The van der Waals surface area contributed by atoms with Crippen LogP contribution < -0.4 is 0 Å². The zero-order chi connectivity index (χ0) is 10.4. The third-order valence-corrected chi connectivity index (χ3v) is 2.47. The highest BCUT2D eigenvalue weighted by atomic mass is 15.1. The van der Waals surface area contributed by atoms with E-state index in [1.54, 1.807) is 0 Å². The van der Waals surface area contributed by atoms with Crippen molar-refractivity contribution in [2.24, 2.45) is 0 Å². The summed E-state index contributed by atoms with van der Waals surface area (Å²) >= 11 is 0. The molecule has 0 spiro atoms. The lowest BCUT2D eigenvalue weighted by Crippen LogP contribution is -2.28. The number of nitrogens with zero attached hydrogens (tertiary/aromatic N) is 2. The molecule has 14 heavy (non-hydrogen) atoms. The van der Waals surface area contributed by atoms with Crippen LogP contribution in [0.3, 0.4) is 0 Å². The van der Waals surface area contributed by atoms with Gasteiger partial charge in [0.05, 0.1) is 6.04 Å². The Labute approximate surface area is 87.0 Å². The van der Waals surface area contributed by atoms with Crippen LogP contribution >= 0.6 is 0 Å². The molecule has 0 atom stereocenters. The zero-order valence-electron chi connectivity index (χ0n) is 9.33. The first-order valence-corrected chi connectivity index (χ1v) is 5.34. The van der Waals surface area contributed by atoms with E-state index in [9.17, 15) is 0 Å². The average molecular weight is 191 g/mol. The first kappa shape index (κ1) is 11.2. The van der Waals surface area contributed by atoms with Crippen molar-refractivity contribution in [3.8, 4) is 0 Å². The molecule has 1 rings (SSSR count). The number of pyridine rings is 1.